The Labute approximate surface area is 206 Å². The number of nitrogens with zero attached hydrogens (tertiary/aromatic N) is 2. The van der Waals surface area contributed by atoms with Gasteiger partial charge < -0.3 is 16.0 Å². The molecule has 0 aromatic heterocycles. The maximum Gasteiger partial charge on any atom is 0.416 e. The molecule has 1 fully saturated rings. The maximum atomic E-state index is 13.5. The van der Waals surface area contributed by atoms with Crippen molar-refractivity contribution < 1.29 is 27.6 Å². The first-order chi connectivity index (χ1) is 17.0. The normalized spacial score (nSPS) is 20.2. The molecule has 1 saturated carbocycles. The number of carbonyl (C=O) groups excluding carboxylic acids is 3. The van der Waals surface area contributed by atoms with Gasteiger partial charge >= 0.3 is 6.18 Å². The molecule has 2 atom stereocenters. The van der Waals surface area contributed by atoms with E-state index in [0.29, 0.717) is 29.7 Å². The zero-order valence-electron chi connectivity index (χ0n) is 19.9. The lowest BCUT2D eigenvalue weighted by Crippen LogP contribution is -2.53. The summed E-state index contributed by atoms with van der Waals surface area (Å²) in [7, 11) is 1.54. The molecule has 2 aromatic carbocycles. The van der Waals surface area contributed by atoms with E-state index in [2.05, 4.69) is 10.3 Å². The third-order valence-electron chi connectivity index (χ3n) is 7.30. The van der Waals surface area contributed by atoms with Crippen molar-refractivity contribution in [2.75, 3.05) is 11.9 Å². The second-order valence-electron chi connectivity index (χ2n) is 9.33. The largest absolute Gasteiger partial charge is 0.416 e. The highest BCUT2D eigenvalue weighted by molar-refractivity contribution is 6.20. The third-order valence-corrected chi connectivity index (χ3v) is 7.30. The number of alkyl halides is 3. The standard InChI is InChI=1S/C26H27F3N4O3/c1-15(21(30)34)25(13-5-6-14-25)24(36)32-22-23(35)33(2)19-8-4-3-7-18(19)20(31-22)16-9-11-17(12-10-16)26(27,28)29/h3-4,7-12,15,22H,5-6,13-14H2,1-2H3,(H2,30,34)(H,32,36). The summed E-state index contributed by atoms with van der Waals surface area (Å²) in [4.78, 5) is 44.8. The van der Waals surface area contributed by atoms with Crippen LogP contribution in [0.5, 0.6) is 0 Å². The number of benzene rings is 2. The molecule has 7 nitrogen and oxygen atoms in total. The van der Waals surface area contributed by atoms with Crippen molar-refractivity contribution in [3.05, 3.63) is 65.2 Å². The molecular weight excluding hydrogens is 473 g/mol. The molecule has 36 heavy (non-hydrogen) atoms. The molecule has 10 heteroatoms. The van der Waals surface area contributed by atoms with Crippen LogP contribution in [-0.4, -0.2) is 36.6 Å². The summed E-state index contributed by atoms with van der Waals surface area (Å²) in [5, 5.41) is 2.72. The average molecular weight is 501 g/mol. The molecule has 0 bridgehead atoms. The SMILES string of the molecule is CC(C(N)=O)C1(C(=O)NC2N=C(c3ccc(C(F)(F)F)cc3)c3ccccc3N(C)C2=O)CCCC1. The van der Waals surface area contributed by atoms with Gasteiger partial charge in [0.05, 0.1) is 22.4 Å². The first-order valence-electron chi connectivity index (χ1n) is 11.7. The Bertz CT molecular complexity index is 1220. The molecule has 2 aromatic rings. The maximum absolute atomic E-state index is 13.5. The van der Waals surface area contributed by atoms with Crippen LogP contribution >= 0.6 is 0 Å². The molecule has 0 saturated heterocycles. The van der Waals surface area contributed by atoms with E-state index in [9.17, 15) is 27.6 Å². The van der Waals surface area contributed by atoms with Gasteiger partial charge in [-0.15, -0.1) is 0 Å². The second kappa shape index (κ2) is 9.40. The molecule has 3 N–H and O–H groups in total. The van der Waals surface area contributed by atoms with Crippen LogP contribution in [0.1, 0.15) is 49.3 Å². The van der Waals surface area contributed by atoms with E-state index >= 15 is 0 Å². The summed E-state index contributed by atoms with van der Waals surface area (Å²) < 4.78 is 39.4. The number of aliphatic imine (C=N–C) groups is 1. The molecule has 2 unspecified atom stereocenters. The summed E-state index contributed by atoms with van der Waals surface area (Å²) in [5.41, 5.74) is 5.35. The molecule has 190 valence electrons. The van der Waals surface area contributed by atoms with Crippen molar-refractivity contribution in [3.63, 3.8) is 0 Å². The minimum atomic E-state index is -4.50. The summed E-state index contributed by atoms with van der Waals surface area (Å²) in [5.74, 6) is -2.34. The Kier molecular flexibility index (Phi) is 6.64. The number of nitrogens with two attached hydrogens (primary N) is 1. The van der Waals surface area contributed by atoms with Crippen molar-refractivity contribution >= 4 is 29.1 Å². The molecule has 1 heterocycles. The smallest absolute Gasteiger partial charge is 0.369 e. The highest BCUT2D eigenvalue weighted by Gasteiger charge is 2.49. The fourth-order valence-electron chi connectivity index (χ4n) is 5.07. The fourth-order valence-corrected chi connectivity index (χ4v) is 5.07. The van der Waals surface area contributed by atoms with E-state index < -0.39 is 47.0 Å². The topological polar surface area (TPSA) is 105 Å². The van der Waals surface area contributed by atoms with Gasteiger partial charge in [0, 0.05) is 24.1 Å². The predicted octanol–water partition coefficient (Wildman–Crippen LogP) is 3.64. The molecule has 0 spiro atoms. The molecule has 0 radical (unpaired) electrons. The van der Waals surface area contributed by atoms with Crippen LogP contribution in [0.25, 0.3) is 0 Å². The van der Waals surface area contributed by atoms with E-state index in [-0.39, 0.29) is 5.71 Å². The molecule has 2 aliphatic rings. The number of para-hydroxylation sites is 1. The van der Waals surface area contributed by atoms with E-state index in [1.165, 1.54) is 17.0 Å². The van der Waals surface area contributed by atoms with Crippen LogP contribution < -0.4 is 16.0 Å². The van der Waals surface area contributed by atoms with E-state index in [1.807, 2.05) is 0 Å². The highest BCUT2D eigenvalue weighted by Crippen LogP contribution is 2.45. The van der Waals surface area contributed by atoms with Crippen LogP contribution in [0.3, 0.4) is 0 Å². The van der Waals surface area contributed by atoms with Crippen LogP contribution in [0, 0.1) is 11.3 Å². The van der Waals surface area contributed by atoms with Crippen molar-refractivity contribution in [2.45, 2.75) is 44.9 Å². The number of nitrogens with one attached hydrogen (secondary N) is 1. The van der Waals surface area contributed by atoms with Gasteiger partial charge in [-0.2, -0.15) is 13.2 Å². The Morgan fingerprint density at radius 1 is 1.11 bits per heavy atom. The Hall–Kier alpha value is -3.69. The van der Waals surface area contributed by atoms with Gasteiger partial charge in [-0.3, -0.25) is 14.4 Å². The molecule has 1 aliphatic carbocycles. The Morgan fingerprint density at radius 3 is 2.31 bits per heavy atom. The summed E-state index contributed by atoms with van der Waals surface area (Å²) in [6, 6.07) is 11.4. The van der Waals surface area contributed by atoms with Crippen molar-refractivity contribution in [1.29, 1.82) is 0 Å². The number of amides is 3. The van der Waals surface area contributed by atoms with Gasteiger partial charge in [-0.05, 0) is 31.0 Å². The number of hydrogen-bond donors (Lipinski definition) is 2. The number of halogens is 3. The molecular formula is C26H27F3N4O3. The Balaban J connectivity index is 1.77. The van der Waals surface area contributed by atoms with Crippen LogP contribution in [-0.2, 0) is 20.6 Å². The number of fused-ring (bicyclic) bond motifs is 1. The van der Waals surface area contributed by atoms with Gasteiger partial charge in [0.25, 0.3) is 5.91 Å². The highest BCUT2D eigenvalue weighted by atomic mass is 19.4. The van der Waals surface area contributed by atoms with Gasteiger partial charge in [-0.1, -0.05) is 50.1 Å². The zero-order chi connectivity index (χ0) is 26.3. The molecule has 1 aliphatic heterocycles. The summed E-state index contributed by atoms with van der Waals surface area (Å²) in [6.45, 7) is 1.61. The van der Waals surface area contributed by atoms with Gasteiger partial charge in [-0.25, -0.2) is 4.99 Å². The minimum absolute atomic E-state index is 0.269. The summed E-state index contributed by atoms with van der Waals surface area (Å²) in [6.07, 6.45) is -3.44. The third kappa shape index (κ3) is 4.47. The van der Waals surface area contributed by atoms with Gasteiger partial charge in [0.15, 0.2) is 0 Å². The lowest BCUT2D eigenvalue weighted by atomic mass is 9.73. The van der Waals surface area contributed by atoms with Crippen LogP contribution in [0.2, 0.25) is 0 Å². The predicted molar refractivity (Wildman–Crippen MR) is 128 cm³/mol. The van der Waals surface area contributed by atoms with Crippen molar-refractivity contribution in [1.82, 2.24) is 5.32 Å². The average Bonchev–Trinajstić information content (AvgIpc) is 3.32. The lowest BCUT2D eigenvalue weighted by molar-refractivity contribution is -0.141. The number of hydrogen-bond acceptors (Lipinski definition) is 4. The minimum Gasteiger partial charge on any atom is -0.369 e. The van der Waals surface area contributed by atoms with Crippen LogP contribution in [0.4, 0.5) is 18.9 Å². The lowest BCUT2D eigenvalue weighted by Gasteiger charge is -2.33. The number of rotatable bonds is 5. The second-order valence-corrected chi connectivity index (χ2v) is 9.33. The number of likely N-dealkylation sites (N-methyl/N-ethyl adjacent to an activating group) is 1. The van der Waals surface area contributed by atoms with Crippen molar-refractivity contribution in [2.24, 2.45) is 22.1 Å². The monoisotopic (exact) mass is 500 g/mol. The molecule has 3 amide bonds. The number of benzodiazepines with no additional fused rings is 1. The molecule has 4 rings (SSSR count). The number of anilines is 1. The first kappa shape index (κ1) is 25.4. The number of primary amides is 1. The first-order valence-corrected chi connectivity index (χ1v) is 11.7. The Morgan fingerprint density at radius 2 is 1.72 bits per heavy atom. The zero-order valence-corrected chi connectivity index (χ0v) is 19.9. The van der Waals surface area contributed by atoms with Crippen molar-refractivity contribution in [3.8, 4) is 0 Å². The summed E-state index contributed by atoms with van der Waals surface area (Å²) >= 11 is 0. The van der Waals surface area contributed by atoms with Gasteiger partial charge in [0.2, 0.25) is 18.0 Å². The van der Waals surface area contributed by atoms with E-state index in [1.54, 1.807) is 38.2 Å². The van der Waals surface area contributed by atoms with Crippen LogP contribution in [0.15, 0.2) is 53.5 Å². The quantitative estimate of drug-likeness (QED) is 0.655. The van der Waals surface area contributed by atoms with E-state index in [0.717, 1.165) is 25.0 Å². The fraction of sp³-hybridized carbons (Fsp3) is 0.385. The van der Waals surface area contributed by atoms with Gasteiger partial charge in [0.1, 0.15) is 0 Å². The number of carbonyl (C=O) groups is 3. The van der Waals surface area contributed by atoms with E-state index in [4.69, 9.17) is 5.73 Å².